The number of hydrogen-bond donors (Lipinski definition) is 0. The van der Waals surface area contributed by atoms with Crippen LogP contribution in [0.2, 0.25) is 0 Å². The van der Waals surface area contributed by atoms with Crippen molar-refractivity contribution in [2.45, 2.75) is 31.6 Å². The quantitative estimate of drug-likeness (QED) is 0.591. The van der Waals surface area contributed by atoms with Crippen LogP contribution in [0.5, 0.6) is 0 Å². The highest BCUT2D eigenvalue weighted by molar-refractivity contribution is 8.15. The molecule has 0 N–H and O–H groups in total. The predicted octanol–water partition coefficient (Wildman–Crippen LogP) is 3.91. The van der Waals surface area contributed by atoms with Crippen molar-refractivity contribution < 1.29 is 9.21 Å². The summed E-state index contributed by atoms with van der Waals surface area (Å²) >= 11 is 1.49. The third-order valence-corrected chi connectivity index (χ3v) is 4.86. The molecular formula is C18H19N3O2S. The zero-order valence-electron chi connectivity index (χ0n) is 13.5. The lowest BCUT2D eigenvalue weighted by Gasteiger charge is -2.15. The van der Waals surface area contributed by atoms with E-state index in [1.165, 1.54) is 11.8 Å². The normalized spacial score (nSPS) is 19.7. The maximum atomic E-state index is 12.7. The van der Waals surface area contributed by atoms with Gasteiger partial charge in [-0.05, 0) is 24.1 Å². The number of benzene rings is 1. The second-order valence-corrected chi connectivity index (χ2v) is 6.62. The largest absolute Gasteiger partial charge is 0.463 e. The van der Waals surface area contributed by atoms with Gasteiger partial charge in [0.2, 0.25) is 5.91 Å². The Morgan fingerprint density at radius 1 is 1.25 bits per heavy atom. The monoisotopic (exact) mass is 341 g/mol. The first-order valence-electron chi connectivity index (χ1n) is 7.94. The summed E-state index contributed by atoms with van der Waals surface area (Å²) in [6.45, 7) is 2.60. The van der Waals surface area contributed by atoms with Gasteiger partial charge in [-0.1, -0.05) is 55.4 Å². The number of amides is 1. The fraction of sp³-hybridized carbons (Fsp3) is 0.278. The van der Waals surface area contributed by atoms with Crippen molar-refractivity contribution in [1.82, 2.24) is 4.90 Å². The van der Waals surface area contributed by atoms with Crippen molar-refractivity contribution in [1.29, 1.82) is 0 Å². The molecule has 0 saturated carbocycles. The van der Waals surface area contributed by atoms with Gasteiger partial charge in [0.15, 0.2) is 5.17 Å². The number of carbonyl (C=O) groups is 1. The molecule has 1 atom stereocenters. The average molecular weight is 341 g/mol. The van der Waals surface area contributed by atoms with Crippen LogP contribution in [0.15, 0.2) is 63.3 Å². The molecule has 1 aliphatic rings. The van der Waals surface area contributed by atoms with Crippen molar-refractivity contribution in [2.24, 2.45) is 10.2 Å². The van der Waals surface area contributed by atoms with Crippen LogP contribution >= 0.6 is 11.8 Å². The Morgan fingerprint density at radius 2 is 2.08 bits per heavy atom. The minimum absolute atomic E-state index is 0.0729. The van der Waals surface area contributed by atoms with Gasteiger partial charge in [-0.25, -0.2) is 0 Å². The SMILES string of the molecule is CCC[C@H]1S/C(=N\N=C/c2ccco2)N(Cc2ccccc2)C1=O. The van der Waals surface area contributed by atoms with Crippen LogP contribution in [0.1, 0.15) is 31.1 Å². The number of nitrogens with zero attached hydrogens (tertiary/aromatic N) is 3. The molecule has 0 spiro atoms. The second kappa shape index (κ2) is 7.97. The molecule has 1 aliphatic heterocycles. The Kier molecular flexibility index (Phi) is 5.48. The molecule has 124 valence electrons. The summed E-state index contributed by atoms with van der Waals surface area (Å²) < 4.78 is 5.20. The number of amidine groups is 1. The Hall–Kier alpha value is -2.34. The van der Waals surface area contributed by atoms with E-state index in [0.29, 0.717) is 17.5 Å². The molecule has 2 heterocycles. The number of thioether (sulfide) groups is 1. The van der Waals surface area contributed by atoms with Gasteiger partial charge in [0.05, 0.1) is 24.3 Å². The fourth-order valence-electron chi connectivity index (χ4n) is 2.44. The maximum absolute atomic E-state index is 12.7. The zero-order chi connectivity index (χ0) is 16.8. The standard InChI is InChI=1S/C18H19N3O2S/c1-2-7-16-17(22)21(13-14-8-4-3-5-9-14)18(24-16)20-19-12-15-10-6-11-23-15/h3-6,8-12,16H,2,7,13H2,1H3/b19-12-,20-18-/t16-/m1/s1. The van der Waals surface area contributed by atoms with E-state index in [1.54, 1.807) is 29.5 Å². The summed E-state index contributed by atoms with van der Waals surface area (Å²) in [5.41, 5.74) is 1.08. The van der Waals surface area contributed by atoms with Gasteiger partial charge >= 0.3 is 0 Å². The smallest absolute Gasteiger partial charge is 0.242 e. The lowest BCUT2D eigenvalue weighted by atomic mass is 10.2. The van der Waals surface area contributed by atoms with Gasteiger partial charge in [-0.15, -0.1) is 5.10 Å². The van der Waals surface area contributed by atoms with Crippen LogP contribution in [0, 0.1) is 0 Å². The summed E-state index contributed by atoms with van der Waals surface area (Å²) in [5, 5.41) is 8.89. The van der Waals surface area contributed by atoms with E-state index in [2.05, 4.69) is 17.1 Å². The van der Waals surface area contributed by atoms with Crippen LogP contribution in [-0.2, 0) is 11.3 Å². The van der Waals surface area contributed by atoms with E-state index in [0.717, 1.165) is 18.4 Å². The van der Waals surface area contributed by atoms with E-state index in [4.69, 9.17) is 4.42 Å². The van der Waals surface area contributed by atoms with Crippen LogP contribution in [-0.4, -0.2) is 27.4 Å². The first-order chi connectivity index (χ1) is 11.8. The highest BCUT2D eigenvalue weighted by atomic mass is 32.2. The summed E-state index contributed by atoms with van der Waals surface area (Å²) in [7, 11) is 0. The van der Waals surface area contributed by atoms with Gasteiger partial charge in [-0.3, -0.25) is 9.69 Å². The first-order valence-corrected chi connectivity index (χ1v) is 8.82. The molecule has 1 fully saturated rings. The number of hydrogen-bond acceptors (Lipinski definition) is 5. The van der Waals surface area contributed by atoms with Crippen LogP contribution < -0.4 is 0 Å². The Bertz CT molecular complexity index is 726. The van der Waals surface area contributed by atoms with Gasteiger partial charge in [0.1, 0.15) is 5.76 Å². The van der Waals surface area contributed by atoms with Crippen molar-refractivity contribution >= 4 is 29.1 Å². The molecule has 0 unspecified atom stereocenters. The first kappa shape index (κ1) is 16.5. The highest BCUT2D eigenvalue weighted by Crippen LogP contribution is 2.31. The number of rotatable bonds is 6. The minimum atomic E-state index is -0.0729. The number of furan rings is 1. The summed E-state index contributed by atoms with van der Waals surface area (Å²) in [4.78, 5) is 14.4. The van der Waals surface area contributed by atoms with Gasteiger partial charge in [-0.2, -0.15) is 5.10 Å². The van der Waals surface area contributed by atoms with Gasteiger partial charge in [0.25, 0.3) is 0 Å². The topological polar surface area (TPSA) is 58.2 Å². The Morgan fingerprint density at radius 3 is 2.79 bits per heavy atom. The Balaban J connectivity index is 1.79. The third kappa shape index (κ3) is 3.94. The van der Waals surface area contributed by atoms with E-state index < -0.39 is 0 Å². The molecule has 0 bridgehead atoms. The second-order valence-electron chi connectivity index (χ2n) is 5.45. The predicted molar refractivity (Wildman–Crippen MR) is 97.0 cm³/mol. The molecule has 0 radical (unpaired) electrons. The van der Waals surface area contributed by atoms with E-state index >= 15 is 0 Å². The molecule has 2 aromatic rings. The van der Waals surface area contributed by atoms with Gasteiger partial charge in [0, 0.05) is 0 Å². The zero-order valence-corrected chi connectivity index (χ0v) is 14.3. The van der Waals surface area contributed by atoms with Crippen LogP contribution in [0.3, 0.4) is 0 Å². The molecule has 5 nitrogen and oxygen atoms in total. The van der Waals surface area contributed by atoms with Crippen molar-refractivity contribution in [3.63, 3.8) is 0 Å². The molecule has 1 aromatic carbocycles. The summed E-state index contributed by atoms with van der Waals surface area (Å²) in [5.74, 6) is 0.742. The van der Waals surface area contributed by atoms with E-state index in [1.807, 2.05) is 30.3 Å². The van der Waals surface area contributed by atoms with Gasteiger partial charge < -0.3 is 4.42 Å². The highest BCUT2D eigenvalue weighted by Gasteiger charge is 2.37. The molecule has 0 aliphatic carbocycles. The molecule has 1 aromatic heterocycles. The third-order valence-electron chi connectivity index (χ3n) is 3.63. The molecule has 24 heavy (non-hydrogen) atoms. The maximum Gasteiger partial charge on any atom is 0.242 e. The number of carbonyl (C=O) groups excluding carboxylic acids is 1. The van der Waals surface area contributed by atoms with Crippen LogP contribution in [0.25, 0.3) is 0 Å². The lowest BCUT2D eigenvalue weighted by Crippen LogP contribution is -2.31. The summed E-state index contributed by atoms with van der Waals surface area (Å²) in [6, 6.07) is 13.5. The van der Waals surface area contributed by atoms with Crippen LogP contribution in [0.4, 0.5) is 0 Å². The minimum Gasteiger partial charge on any atom is -0.463 e. The van der Waals surface area contributed by atoms with Crippen molar-refractivity contribution in [3.05, 3.63) is 60.1 Å². The molecule has 6 heteroatoms. The van der Waals surface area contributed by atoms with Crippen molar-refractivity contribution in [3.8, 4) is 0 Å². The molecular weight excluding hydrogens is 322 g/mol. The van der Waals surface area contributed by atoms with Crippen molar-refractivity contribution in [2.75, 3.05) is 0 Å². The molecule has 3 rings (SSSR count). The molecule has 1 amide bonds. The molecule has 1 saturated heterocycles. The fourth-order valence-corrected chi connectivity index (χ4v) is 3.66. The average Bonchev–Trinajstić information content (AvgIpc) is 3.21. The van der Waals surface area contributed by atoms with E-state index in [-0.39, 0.29) is 11.2 Å². The lowest BCUT2D eigenvalue weighted by molar-refractivity contribution is -0.126. The van der Waals surface area contributed by atoms with E-state index in [9.17, 15) is 4.79 Å². The summed E-state index contributed by atoms with van der Waals surface area (Å²) in [6.07, 6.45) is 4.94. The Labute approximate surface area is 145 Å².